The van der Waals surface area contributed by atoms with E-state index in [0.717, 1.165) is 26.2 Å². The third kappa shape index (κ3) is 4.38. The highest BCUT2D eigenvalue weighted by atomic mass is 16.5. The molecule has 0 unspecified atom stereocenters. The van der Waals surface area contributed by atoms with E-state index >= 15 is 0 Å². The van der Waals surface area contributed by atoms with E-state index in [4.69, 9.17) is 10.5 Å². The van der Waals surface area contributed by atoms with Gasteiger partial charge in [0.05, 0.1) is 17.9 Å². The van der Waals surface area contributed by atoms with Crippen molar-refractivity contribution in [1.82, 2.24) is 9.88 Å². The zero-order valence-electron chi connectivity index (χ0n) is 12.5. The van der Waals surface area contributed by atoms with Crippen LogP contribution >= 0.6 is 0 Å². The highest BCUT2D eigenvalue weighted by Gasteiger charge is 2.14. The third-order valence-electron chi connectivity index (χ3n) is 3.10. The van der Waals surface area contributed by atoms with E-state index in [1.54, 1.807) is 19.2 Å². The molecule has 112 valence electrons. The van der Waals surface area contributed by atoms with Gasteiger partial charge in [-0.2, -0.15) is 0 Å². The Balaban J connectivity index is 2.67. The molecule has 0 fully saturated rings. The van der Waals surface area contributed by atoms with Gasteiger partial charge in [-0.05, 0) is 26.1 Å². The summed E-state index contributed by atoms with van der Waals surface area (Å²) in [6.45, 7) is 9.97. The van der Waals surface area contributed by atoms with E-state index < -0.39 is 5.97 Å². The Hall–Kier alpha value is -1.82. The lowest BCUT2D eigenvalue weighted by molar-refractivity contribution is 0.0527. The maximum Gasteiger partial charge on any atom is 0.340 e. The maximum absolute atomic E-state index is 11.7. The SMILES string of the molecule is CCOC(=O)c1ccnc(NCCN(CC)CC)c1N. The second kappa shape index (κ2) is 8.37. The summed E-state index contributed by atoms with van der Waals surface area (Å²) in [4.78, 5) is 18.2. The number of nitrogens with zero attached hydrogens (tertiary/aromatic N) is 2. The van der Waals surface area contributed by atoms with Gasteiger partial charge in [-0.3, -0.25) is 0 Å². The largest absolute Gasteiger partial charge is 0.462 e. The minimum Gasteiger partial charge on any atom is -0.462 e. The maximum atomic E-state index is 11.7. The molecule has 1 aromatic rings. The first kappa shape index (κ1) is 16.2. The number of nitrogens with two attached hydrogens (primary N) is 1. The van der Waals surface area contributed by atoms with Gasteiger partial charge in [0.15, 0.2) is 0 Å². The molecule has 1 rings (SSSR count). The molecule has 1 heterocycles. The lowest BCUT2D eigenvalue weighted by atomic mass is 10.2. The highest BCUT2D eigenvalue weighted by Crippen LogP contribution is 2.20. The number of carbonyl (C=O) groups excluding carboxylic acids is 1. The first-order chi connectivity index (χ1) is 9.63. The summed E-state index contributed by atoms with van der Waals surface area (Å²) in [6, 6.07) is 1.57. The fourth-order valence-corrected chi connectivity index (χ4v) is 1.87. The standard InChI is InChI=1S/C14H24N4O2/c1-4-18(5-2)10-9-17-13-12(15)11(7-8-16-13)14(19)20-6-3/h7-8H,4-6,9-10,15H2,1-3H3,(H,16,17). The van der Waals surface area contributed by atoms with Gasteiger partial charge in [-0.25, -0.2) is 9.78 Å². The van der Waals surface area contributed by atoms with Crippen molar-refractivity contribution in [2.24, 2.45) is 0 Å². The molecule has 0 radical (unpaired) electrons. The average molecular weight is 280 g/mol. The number of hydrogen-bond donors (Lipinski definition) is 2. The number of pyridine rings is 1. The first-order valence-corrected chi connectivity index (χ1v) is 7.01. The Morgan fingerprint density at radius 3 is 2.70 bits per heavy atom. The summed E-state index contributed by atoms with van der Waals surface area (Å²) < 4.78 is 4.96. The smallest absolute Gasteiger partial charge is 0.340 e. The highest BCUT2D eigenvalue weighted by molar-refractivity contribution is 5.97. The van der Waals surface area contributed by atoms with Crippen molar-refractivity contribution in [2.45, 2.75) is 20.8 Å². The number of likely N-dealkylation sites (N-methyl/N-ethyl adjacent to an activating group) is 1. The fraction of sp³-hybridized carbons (Fsp3) is 0.571. The van der Waals surface area contributed by atoms with Gasteiger partial charge in [0.25, 0.3) is 0 Å². The quantitative estimate of drug-likeness (QED) is 0.704. The van der Waals surface area contributed by atoms with Crippen molar-refractivity contribution in [1.29, 1.82) is 0 Å². The van der Waals surface area contributed by atoms with Crippen LogP contribution < -0.4 is 11.1 Å². The summed E-state index contributed by atoms with van der Waals surface area (Å²) in [5.74, 6) is 0.113. The van der Waals surface area contributed by atoms with Crippen LogP contribution in [0.25, 0.3) is 0 Å². The number of carbonyl (C=O) groups is 1. The van der Waals surface area contributed by atoms with Gasteiger partial charge in [0.1, 0.15) is 5.82 Å². The Labute approximate surface area is 120 Å². The Kier molecular flexibility index (Phi) is 6.79. The number of rotatable bonds is 8. The van der Waals surface area contributed by atoms with Crippen LogP contribution in [-0.4, -0.2) is 48.6 Å². The zero-order chi connectivity index (χ0) is 15.0. The molecule has 0 aliphatic heterocycles. The molecular weight excluding hydrogens is 256 g/mol. The average Bonchev–Trinajstić information content (AvgIpc) is 2.45. The van der Waals surface area contributed by atoms with Gasteiger partial charge < -0.3 is 20.7 Å². The predicted molar refractivity (Wildman–Crippen MR) is 80.9 cm³/mol. The van der Waals surface area contributed by atoms with E-state index in [-0.39, 0.29) is 0 Å². The molecular formula is C14H24N4O2. The minimum absolute atomic E-state index is 0.325. The number of hydrogen-bond acceptors (Lipinski definition) is 6. The molecule has 0 atom stereocenters. The molecule has 6 nitrogen and oxygen atoms in total. The number of ether oxygens (including phenoxy) is 1. The molecule has 0 aliphatic carbocycles. The van der Waals surface area contributed by atoms with Gasteiger partial charge in [0.2, 0.25) is 0 Å². The second-order valence-electron chi connectivity index (χ2n) is 4.29. The van der Waals surface area contributed by atoms with Crippen LogP contribution in [0.5, 0.6) is 0 Å². The van der Waals surface area contributed by atoms with Gasteiger partial charge in [0, 0.05) is 19.3 Å². The Morgan fingerprint density at radius 2 is 2.10 bits per heavy atom. The van der Waals surface area contributed by atoms with Gasteiger partial charge in [-0.1, -0.05) is 13.8 Å². The zero-order valence-corrected chi connectivity index (χ0v) is 12.5. The molecule has 0 saturated heterocycles. The molecule has 0 spiro atoms. The lowest BCUT2D eigenvalue weighted by Gasteiger charge is -2.18. The van der Waals surface area contributed by atoms with Crippen LogP contribution in [0, 0.1) is 0 Å². The van der Waals surface area contributed by atoms with Crippen LogP contribution in [0.3, 0.4) is 0 Å². The molecule has 0 saturated carbocycles. The molecule has 3 N–H and O–H groups in total. The Morgan fingerprint density at radius 1 is 1.40 bits per heavy atom. The predicted octanol–water partition coefficient (Wildman–Crippen LogP) is 1.59. The first-order valence-electron chi connectivity index (χ1n) is 7.01. The summed E-state index contributed by atoms with van der Waals surface area (Å²) in [5, 5.41) is 3.16. The summed E-state index contributed by atoms with van der Waals surface area (Å²) in [6.07, 6.45) is 1.56. The number of nitrogens with one attached hydrogen (secondary N) is 1. The lowest BCUT2D eigenvalue weighted by Crippen LogP contribution is -2.29. The second-order valence-corrected chi connectivity index (χ2v) is 4.29. The van der Waals surface area contributed by atoms with Crippen molar-refractivity contribution >= 4 is 17.5 Å². The molecule has 1 aromatic heterocycles. The van der Waals surface area contributed by atoms with Crippen molar-refractivity contribution in [2.75, 3.05) is 43.8 Å². The van der Waals surface area contributed by atoms with Crippen LogP contribution in [0.15, 0.2) is 12.3 Å². The third-order valence-corrected chi connectivity index (χ3v) is 3.10. The molecule has 20 heavy (non-hydrogen) atoms. The summed E-state index contributed by atoms with van der Waals surface area (Å²) >= 11 is 0. The number of anilines is 2. The van der Waals surface area contributed by atoms with E-state index in [1.807, 2.05) is 0 Å². The normalized spacial score (nSPS) is 10.6. The Bertz CT molecular complexity index is 433. The van der Waals surface area contributed by atoms with Crippen LogP contribution in [-0.2, 0) is 4.74 Å². The van der Waals surface area contributed by atoms with Crippen molar-refractivity contribution in [3.05, 3.63) is 17.8 Å². The topological polar surface area (TPSA) is 80.5 Å². The monoisotopic (exact) mass is 280 g/mol. The van der Waals surface area contributed by atoms with E-state index in [0.29, 0.717) is 23.7 Å². The van der Waals surface area contributed by atoms with Crippen molar-refractivity contribution < 1.29 is 9.53 Å². The number of nitrogen functional groups attached to an aromatic ring is 1. The minimum atomic E-state index is -0.417. The molecule has 0 amide bonds. The van der Waals surface area contributed by atoms with E-state index in [1.165, 1.54) is 0 Å². The van der Waals surface area contributed by atoms with Crippen LogP contribution in [0.2, 0.25) is 0 Å². The summed E-state index contributed by atoms with van der Waals surface area (Å²) in [5.41, 5.74) is 6.65. The van der Waals surface area contributed by atoms with Gasteiger partial charge in [-0.15, -0.1) is 0 Å². The van der Waals surface area contributed by atoms with E-state index in [2.05, 4.69) is 29.0 Å². The van der Waals surface area contributed by atoms with E-state index in [9.17, 15) is 4.79 Å². The molecule has 0 bridgehead atoms. The fourth-order valence-electron chi connectivity index (χ4n) is 1.87. The van der Waals surface area contributed by atoms with Crippen LogP contribution in [0.1, 0.15) is 31.1 Å². The molecule has 0 aliphatic rings. The van der Waals surface area contributed by atoms with Crippen molar-refractivity contribution in [3.8, 4) is 0 Å². The number of aromatic nitrogens is 1. The summed E-state index contributed by atoms with van der Waals surface area (Å²) in [7, 11) is 0. The molecule has 0 aromatic carbocycles. The number of esters is 1. The van der Waals surface area contributed by atoms with Gasteiger partial charge >= 0.3 is 5.97 Å². The van der Waals surface area contributed by atoms with Crippen LogP contribution in [0.4, 0.5) is 11.5 Å². The molecule has 6 heteroatoms. The van der Waals surface area contributed by atoms with Crippen molar-refractivity contribution in [3.63, 3.8) is 0 Å².